The van der Waals surface area contributed by atoms with Crippen LogP contribution in [0.25, 0.3) is 5.69 Å². The maximum Gasteiger partial charge on any atom is 0.275 e. The van der Waals surface area contributed by atoms with Crippen molar-refractivity contribution in [3.05, 3.63) is 112 Å². The summed E-state index contributed by atoms with van der Waals surface area (Å²) in [5.74, 6) is 1.89. The highest BCUT2D eigenvalue weighted by Gasteiger charge is 2.19. The molecule has 37 heavy (non-hydrogen) atoms. The standard InChI is InChI=1S/C28H25N5O2S2/c1-19-12-14-21(15-13-19)29-27(34)22-17-36-26(30-22)18-37-28-32-31-25(16-20-8-4-3-5-9-20)33(28)23-10-6-7-11-24(23)35-2/h3-15,17H,16,18H2,1-2H3,(H,29,34). The molecule has 0 atom stereocenters. The van der Waals surface area contributed by atoms with Gasteiger partial charge in [-0.15, -0.1) is 21.5 Å². The Kier molecular flexibility index (Phi) is 7.62. The van der Waals surface area contributed by atoms with Crippen molar-refractivity contribution < 1.29 is 9.53 Å². The van der Waals surface area contributed by atoms with Gasteiger partial charge in [0.25, 0.3) is 5.91 Å². The molecule has 0 aliphatic carbocycles. The van der Waals surface area contributed by atoms with Crippen molar-refractivity contribution in [1.29, 1.82) is 0 Å². The highest BCUT2D eigenvalue weighted by Crippen LogP contribution is 2.31. The molecule has 0 bridgehead atoms. The Labute approximate surface area is 223 Å². The van der Waals surface area contributed by atoms with Gasteiger partial charge in [-0.2, -0.15) is 0 Å². The molecule has 5 rings (SSSR count). The number of methoxy groups -OCH3 is 1. The number of aryl methyl sites for hydroxylation is 1. The minimum atomic E-state index is -0.223. The molecule has 0 saturated heterocycles. The van der Waals surface area contributed by atoms with E-state index in [0.717, 1.165) is 44.2 Å². The van der Waals surface area contributed by atoms with E-state index in [9.17, 15) is 4.79 Å². The Balaban J connectivity index is 1.35. The van der Waals surface area contributed by atoms with Gasteiger partial charge >= 0.3 is 0 Å². The summed E-state index contributed by atoms with van der Waals surface area (Å²) in [6.45, 7) is 2.01. The zero-order chi connectivity index (χ0) is 25.6. The van der Waals surface area contributed by atoms with E-state index in [1.807, 2.05) is 78.2 Å². The first-order valence-electron chi connectivity index (χ1n) is 11.7. The van der Waals surface area contributed by atoms with Gasteiger partial charge < -0.3 is 10.1 Å². The highest BCUT2D eigenvalue weighted by atomic mass is 32.2. The minimum Gasteiger partial charge on any atom is -0.495 e. The third-order valence-corrected chi connectivity index (χ3v) is 7.62. The molecule has 0 saturated carbocycles. The number of carbonyl (C=O) groups excluding carboxylic acids is 1. The number of nitrogens with zero attached hydrogens (tertiary/aromatic N) is 4. The second-order valence-electron chi connectivity index (χ2n) is 8.30. The first-order valence-corrected chi connectivity index (χ1v) is 13.5. The van der Waals surface area contributed by atoms with E-state index in [4.69, 9.17) is 4.74 Å². The summed E-state index contributed by atoms with van der Waals surface area (Å²) in [5, 5.41) is 15.3. The molecule has 0 aliphatic rings. The van der Waals surface area contributed by atoms with Crippen LogP contribution in [-0.4, -0.2) is 32.8 Å². The van der Waals surface area contributed by atoms with Crippen LogP contribution in [0, 0.1) is 6.92 Å². The fourth-order valence-electron chi connectivity index (χ4n) is 3.78. The third-order valence-electron chi connectivity index (χ3n) is 5.65. The Bertz CT molecular complexity index is 1500. The van der Waals surface area contributed by atoms with Crippen LogP contribution in [0.2, 0.25) is 0 Å². The molecular weight excluding hydrogens is 502 g/mol. The first kappa shape index (κ1) is 24.7. The van der Waals surface area contributed by atoms with Gasteiger partial charge in [0.1, 0.15) is 22.3 Å². The van der Waals surface area contributed by atoms with Gasteiger partial charge in [-0.25, -0.2) is 4.98 Å². The molecule has 0 spiro atoms. The van der Waals surface area contributed by atoms with Crippen LogP contribution in [0.15, 0.2) is 89.4 Å². The largest absolute Gasteiger partial charge is 0.495 e. The second kappa shape index (κ2) is 11.4. The number of ether oxygens (including phenoxy) is 1. The number of thioether (sulfide) groups is 1. The number of amides is 1. The zero-order valence-corrected chi connectivity index (χ0v) is 22.1. The number of aromatic nitrogens is 4. The molecule has 2 heterocycles. The second-order valence-corrected chi connectivity index (χ2v) is 10.2. The molecule has 5 aromatic rings. The van der Waals surface area contributed by atoms with Gasteiger partial charge in [0.2, 0.25) is 0 Å². The lowest BCUT2D eigenvalue weighted by Crippen LogP contribution is -2.12. The van der Waals surface area contributed by atoms with Crippen LogP contribution in [-0.2, 0) is 12.2 Å². The van der Waals surface area contributed by atoms with E-state index in [-0.39, 0.29) is 5.91 Å². The summed E-state index contributed by atoms with van der Waals surface area (Å²) in [7, 11) is 1.66. The Morgan fingerprint density at radius 3 is 2.54 bits per heavy atom. The molecule has 3 aromatic carbocycles. The van der Waals surface area contributed by atoms with Gasteiger partial charge in [0, 0.05) is 17.5 Å². The molecule has 7 nitrogen and oxygen atoms in total. The zero-order valence-electron chi connectivity index (χ0n) is 20.4. The summed E-state index contributed by atoms with van der Waals surface area (Å²) < 4.78 is 7.67. The number of anilines is 1. The molecule has 0 aliphatic heterocycles. The van der Waals surface area contributed by atoms with Crippen molar-refractivity contribution in [2.75, 3.05) is 12.4 Å². The minimum absolute atomic E-state index is 0.223. The van der Waals surface area contributed by atoms with E-state index < -0.39 is 0 Å². The van der Waals surface area contributed by atoms with E-state index in [2.05, 4.69) is 32.6 Å². The van der Waals surface area contributed by atoms with Crippen LogP contribution in [0.3, 0.4) is 0 Å². The summed E-state index contributed by atoms with van der Waals surface area (Å²) in [6.07, 6.45) is 0.632. The topological polar surface area (TPSA) is 81.9 Å². The number of rotatable bonds is 9. The van der Waals surface area contributed by atoms with E-state index in [0.29, 0.717) is 17.9 Å². The number of hydrogen-bond acceptors (Lipinski definition) is 7. The van der Waals surface area contributed by atoms with Gasteiger partial charge in [-0.1, -0.05) is 71.9 Å². The van der Waals surface area contributed by atoms with Crippen LogP contribution in [0.1, 0.15) is 32.4 Å². The average molecular weight is 528 g/mol. The lowest BCUT2D eigenvalue weighted by molar-refractivity contribution is 0.102. The van der Waals surface area contributed by atoms with Crippen molar-refractivity contribution in [2.24, 2.45) is 0 Å². The van der Waals surface area contributed by atoms with Gasteiger partial charge in [0.15, 0.2) is 5.16 Å². The van der Waals surface area contributed by atoms with Crippen molar-refractivity contribution in [2.45, 2.75) is 24.3 Å². The lowest BCUT2D eigenvalue weighted by atomic mass is 10.1. The van der Waals surface area contributed by atoms with Crippen LogP contribution in [0.5, 0.6) is 5.75 Å². The highest BCUT2D eigenvalue weighted by molar-refractivity contribution is 7.98. The van der Waals surface area contributed by atoms with Crippen molar-refractivity contribution in [3.8, 4) is 11.4 Å². The summed E-state index contributed by atoms with van der Waals surface area (Å²) in [4.78, 5) is 17.2. The quantitative estimate of drug-likeness (QED) is 0.231. The Morgan fingerprint density at radius 2 is 1.76 bits per heavy atom. The van der Waals surface area contributed by atoms with E-state index in [1.165, 1.54) is 23.1 Å². The number of para-hydroxylation sites is 2. The van der Waals surface area contributed by atoms with E-state index in [1.54, 1.807) is 12.5 Å². The van der Waals surface area contributed by atoms with Crippen LogP contribution >= 0.6 is 23.1 Å². The maximum absolute atomic E-state index is 12.7. The first-order chi connectivity index (χ1) is 18.1. The Hall–Kier alpha value is -3.95. The molecule has 1 amide bonds. The fourth-order valence-corrected chi connectivity index (χ4v) is 5.54. The van der Waals surface area contributed by atoms with Gasteiger partial charge in [0.05, 0.1) is 18.6 Å². The number of carbonyl (C=O) groups is 1. The predicted molar refractivity (Wildman–Crippen MR) is 148 cm³/mol. The normalized spacial score (nSPS) is 10.9. The molecule has 9 heteroatoms. The van der Waals surface area contributed by atoms with Gasteiger partial charge in [-0.05, 0) is 36.8 Å². The maximum atomic E-state index is 12.7. The molecule has 0 fully saturated rings. The van der Waals surface area contributed by atoms with Crippen molar-refractivity contribution in [3.63, 3.8) is 0 Å². The average Bonchev–Trinajstić information content (AvgIpc) is 3.56. The summed E-state index contributed by atoms with van der Waals surface area (Å²) in [6, 6.07) is 25.7. The molecule has 2 aromatic heterocycles. The third kappa shape index (κ3) is 5.90. The van der Waals surface area contributed by atoms with Crippen molar-refractivity contribution in [1.82, 2.24) is 19.7 Å². The van der Waals surface area contributed by atoms with Crippen molar-refractivity contribution >= 4 is 34.7 Å². The van der Waals surface area contributed by atoms with Gasteiger partial charge in [-0.3, -0.25) is 9.36 Å². The fraction of sp³-hybridized carbons (Fsp3) is 0.143. The lowest BCUT2D eigenvalue weighted by Gasteiger charge is -2.13. The number of hydrogen-bond donors (Lipinski definition) is 1. The molecule has 1 N–H and O–H groups in total. The van der Waals surface area contributed by atoms with Crippen LogP contribution in [0.4, 0.5) is 5.69 Å². The summed E-state index contributed by atoms with van der Waals surface area (Å²) >= 11 is 2.98. The monoisotopic (exact) mass is 527 g/mol. The smallest absolute Gasteiger partial charge is 0.275 e. The van der Waals surface area contributed by atoms with Crippen LogP contribution < -0.4 is 10.1 Å². The molecule has 0 unspecified atom stereocenters. The molecule has 0 radical (unpaired) electrons. The Morgan fingerprint density at radius 1 is 1.00 bits per heavy atom. The van der Waals surface area contributed by atoms with E-state index >= 15 is 0 Å². The SMILES string of the molecule is COc1ccccc1-n1c(Cc2ccccc2)nnc1SCc1nc(C(=O)Nc2ccc(C)cc2)cs1. The predicted octanol–water partition coefficient (Wildman–Crippen LogP) is 6.18. The number of nitrogens with one attached hydrogen (secondary N) is 1. The summed E-state index contributed by atoms with van der Waals surface area (Å²) in [5.41, 5.74) is 4.30. The number of thiazole rings is 1. The molecule has 186 valence electrons. The number of benzene rings is 3. The molecular formula is C28H25N5O2S2.